The molecule has 0 aliphatic carbocycles. The Bertz CT molecular complexity index is 636. The number of halogens is 1. The molecule has 1 aliphatic rings. The van der Waals surface area contributed by atoms with Gasteiger partial charge in [-0.25, -0.2) is 4.39 Å². The summed E-state index contributed by atoms with van der Waals surface area (Å²) in [5.41, 5.74) is 2.17. The number of carboxylic acids is 1. The Morgan fingerprint density at radius 2 is 2.16 bits per heavy atom. The van der Waals surface area contributed by atoms with Crippen LogP contribution in [0.2, 0.25) is 0 Å². The molecule has 0 radical (unpaired) electrons. The second-order valence-corrected chi connectivity index (χ2v) is 4.91. The zero-order chi connectivity index (χ0) is 13.4. The first kappa shape index (κ1) is 12.2. The maximum absolute atomic E-state index is 13.2. The highest BCUT2D eigenvalue weighted by atomic mass is 19.1. The van der Waals surface area contributed by atoms with E-state index in [9.17, 15) is 9.18 Å². The topological polar surface area (TPSA) is 45.5 Å². The molecule has 0 bridgehead atoms. The van der Waals surface area contributed by atoms with Crippen molar-refractivity contribution < 1.29 is 14.3 Å². The van der Waals surface area contributed by atoms with Crippen molar-refractivity contribution in [3.8, 4) is 0 Å². The number of carbonyl (C=O) groups is 1. The standard InChI is InChI=1S/C14H15FN2O2/c15-11-1-2-13-10(7-11)8-12-9-16(4-3-14(18)19)5-6-17(12)13/h1-2,7-8H,3-6,9H2,(H,18,19). The molecule has 0 fully saturated rings. The summed E-state index contributed by atoms with van der Waals surface area (Å²) in [6.07, 6.45) is 0.162. The Labute approximate surface area is 110 Å². The Morgan fingerprint density at radius 3 is 2.95 bits per heavy atom. The minimum Gasteiger partial charge on any atom is -0.481 e. The predicted octanol–water partition coefficient (Wildman–Crippen LogP) is 2.07. The van der Waals surface area contributed by atoms with Gasteiger partial charge < -0.3 is 9.67 Å². The van der Waals surface area contributed by atoms with Gasteiger partial charge >= 0.3 is 5.97 Å². The lowest BCUT2D eigenvalue weighted by Gasteiger charge is -2.28. The van der Waals surface area contributed by atoms with Crippen molar-refractivity contribution in [1.82, 2.24) is 9.47 Å². The SMILES string of the molecule is O=C(O)CCN1CCn2c(cc3cc(F)ccc32)C1. The molecule has 1 N–H and O–H groups in total. The number of hydrogen-bond acceptors (Lipinski definition) is 2. The first-order valence-electron chi connectivity index (χ1n) is 6.35. The van der Waals surface area contributed by atoms with Crippen molar-refractivity contribution in [2.45, 2.75) is 19.5 Å². The van der Waals surface area contributed by atoms with E-state index in [0.717, 1.165) is 36.2 Å². The molecule has 5 heteroatoms. The maximum atomic E-state index is 13.2. The highest BCUT2D eigenvalue weighted by Gasteiger charge is 2.19. The van der Waals surface area contributed by atoms with Crippen LogP contribution < -0.4 is 0 Å². The van der Waals surface area contributed by atoms with Gasteiger partial charge in [0, 0.05) is 42.8 Å². The number of nitrogens with zero attached hydrogens (tertiary/aromatic N) is 2. The van der Waals surface area contributed by atoms with Crippen molar-refractivity contribution in [2.24, 2.45) is 0 Å². The number of aromatic nitrogens is 1. The van der Waals surface area contributed by atoms with Gasteiger partial charge in [-0.2, -0.15) is 0 Å². The zero-order valence-corrected chi connectivity index (χ0v) is 10.5. The van der Waals surface area contributed by atoms with Crippen molar-refractivity contribution in [1.29, 1.82) is 0 Å². The fraction of sp³-hybridized carbons (Fsp3) is 0.357. The Morgan fingerprint density at radius 1 is 1.32 bits per heavy atom. The summed E-state index contributed by atoms with van der Waals surface area (Å²) >= 11 is 0. The number of carboxylic acid groups (broad SMARTS) is 1. The molecular formula is C14H15FN2O2. The van der Waals surface area contributed by atoms with E-state index in [2.05, 4.69) is 9.47 Å². The smallest absolute Gasteiger partial charge is 0.304 e. The highest BCUT2D eigenvalue weighted by Crippen LogP contribution is 2.24. The van der Waals surface area contributed by atoms with Crippen LogP contribution in [0.15, 0.2) is 24.3 Å². The average Bonchev–Trinajstić information content (AvgIpc) is 2.72. The summed E-state index contributed by atoms with van der Waals surface area (Å²) < 4.78 is 15.4. The largest absolute Gasteiger partial charge is 0.481 e. The molecule has 0 spiro atoms. The molecule has 0 saturated carbocycles. The van der Waals surface area contributed by atoms with Crippen LogP contribution in [-0.2, 0) is 17.9 Å². The Kier molecular flexibility index (Phi) is 2.98. The normalized spacial score (nSPS) is 15.6. The van der Waals surface area contributed by atoms with Crippen LogP contribution >= 0.6 is 0 Å². The van der Waals surface area contributed by atoms with Gasteiger partial charge in [0.1, 0.15) is 5.82 Å². The summed E-state index contributed by atoms with van der Waals surface area (Å²) in [6.45, 7) is 2.94. The molecule has 1 aromatic carbocycles. The summed E-state index contributed by atoms with van der Waals surface area (Å²) in [7, 11) is 0. The summed E-state index contributed by atoms with van der Waals surface area (Å²) in [6, 6.07) is 6.82. The molecular weight excluding hydrogens is 247 g/mol. The summed E-state index contributed by atoms with van der Waals surface area (Å²) in [4.78, 5) is 12.7. The van der Waals surface area contributed by atoms with Crippen LogP contribution in [0.4, 0.5) is 4.39 Å². The van der Waals surface area contributed by atoms with Crippen LogP contribution in [0.3, 0.4) is 0 Å². The zero-order valence-electron chi connectivity index (χ0n) is 10.5. The fourth-order valence-corrected chi connectivity index (χ4v) is 2.69. The molecule has 4 nitrogen and oxygen atoms in total. The third-order valence-corrected chi connectivity index (χ3v) is 3.62. The fourth-order valence-electron chi connectivity index (χ4n) is 2.69. The van der Waals surface area contributed by atoms with Crippen molar-refractivity contribution in [3.05, 3.63) is 35.8 Å². The van der Waals surface area contributed by atoms with Crippen LogP contribution in [0, 0.1) is 5.82 Å². The summed E-state index contributed by atoms with van der Waals surface area (Å²) in [5.74, 6) is -0.994. The van der Waals surface area contributed by atoms with Gasteiger partial charge in [-0.3, -0.25) is 9.69 Å². The molecule has 19 heavy (non-hydrogen) atoms. The third-order valence-electron chi connectivity index (χ3n) is 3.62. The van der Waals surface area contributed by atoms with Gasteiger partial charge in [-0.05, 0) is 24.3 Å². The predicted molar refractivity (Wildman–Crippen MR) is 69.4 cm³/mol. The number of fused-ring (bicyclic) bond motifs is 3. The molecule has 2 aromatic rings. The van der Waals surface area contributed by atoms with Crippen LogP contribution in [0.25, 0.3) is 10.9 Å². The van der Waals surface area contributed by atoms with Gasteiger partial charge in [0.15, 0.2) is 0 Å². The first-order chi connectivity index (χ1) is 9.13. The Balaban J connectivity index is 1.85. The molecule has 1 aliphatic heterocycles. The first-order valence-corrected chi connectivity index (χ1v) is 6.35. The summed E-state index contributed by atoms with van der Waals surface area (Å²) in [5, 5.41) is 9.62. The Hall–Kier alpha value is -1.88. The highest BCUT2D eigenvalue weighted by molar-refractivity contribution is 5.81. The molecule has 1 aromatic heterocycles. The third kappa shape index (κ3) is 2.33. The van der Waals surface area contributed by atoms with E-state index in [1.807, 2.05) is 6.07 Å². The van der Waals surface area contributed by atoms with Crippen molar-refractivity contribution in [3.63, 3.8) is 0 Å². The maximum Gasteiger partial charge on any atom is 0.304 e. The van der Waals surface area contributed by atoms with Crippen molar-refractivity contribution >= 4 is 16.9 Å². The van der Waals surface area contributed by atoms with E-state index >= 15 is 0 Å². The molecule has 0 amide bonds. The minimum absolute atomic E-state index is 0.162. The molecule has 2 heterocycles. The number of aliphatic carboxylic acids is 1. The van der Waals surface area contributed by atoms with E-state index in [-0.39, 0.29) is 12.2 Å². The van der Waals surface area contributed by atoms with Crippen molar-refractivity contribution in [2.75, 3.05) is 13.1 Å². The lowest BCUT2D eigenvalue weighted by atomic mass is 10.2. The number of rotatable bonds is 3. The average molecular weight is 262 g/mol. The van der Waals surface area contributed by atoms with Crippen LogP contribution in [-0.4, -0.2) is 33.6 Å². The number of hydrogen-bond donors (Lipinski definition) is 1. The molecule has 100 valence electrons. The molecule has 0 unspecified atom stereocenters. The number of benzene rings is 1. The van der Waals surface area contributed by atoms with Gasteiger partial charge in [0.05, 0.1) is 6.42 Å². The van der Waals surface area contributed by atoms with Gasteiger partial charge in [0.25, 0.3) is 0 Å². The molecule has 0 saturated heterocycles. The quantitative estimate of drug-likeness (QED) is 0.921. The van der Waals surface area contributed by atoms with Gasteiger partial charge in [-0.1, -0.05) is 0 Å². The molecule has 3 rings (SSSR count). The lowest BCUT2D eigenvalue weighted by molar-refractivity contribution is -0.137. The van der Waals surface area contributed by atoms with Gasteiger partial charge in [-0.15, -0.1) is 0 Å². The lowest BCUT2D eigenvalue weighted by Crippen LogP contribution is -2.34. The van der Waals surface area contributed by atoms with E-state index in [0.29, 0.717) is 6.54 Å². The molecule has 0 atom stereocenters. The van der Waals surface area contributed by atoms with Crippen LogP contribution in [0.5, 0.6) is 0 Å². The minimum atomic E-state index is -0.770. The van der Waals surface area contributed by atoms with E-state index in [4.69, 9.17) is 5.11 Å². The van der Waals surface area contributed by atoms with E-state index in [1.54, 1.807) is 12.1 Å². The van der Waals surface area contributed by atoms with E-state index < -0.39 is 5.97 Å². The van der Waals surface area contributed by atoms with Crippen LogP contribution in [0.1, 0.15) is 12.1 Å². The van der Waals surface area contributed by atoms with Gasteiger partial charge in [0.2, 0.25) is 0 Å². The van der Waals surface area contributed by atoms with E-state index in [1.165, 1.54) is 6.07 Å². The monoisotopic (exact) mass is 262 g/mol. The second-order valence-electron chi connectivity index (χ2n) is 4.91. The second kappa shape index (κ2) is 4.66.